The summed E-state index contributed by atoms with van der Waals surface area (Å²) in [5.74, 6) is 0.596. The van der Waals surface area contributed by atoms with Crippen molar-refractivity contribution in [1.29, 1.82) is 21.3 Å². The Morgan fingerprint density at radius 1 is 0.311 bits per heavy atom. The van der Waals surface area contributed by atoms with Gasteiger partial charge in [0, 0.05) is 56.2 Å². The van der Waals surface area contributed by atoms with Crippen LogP contribution >= 0.6 is 15.9 Å². The number of nitrogens with one attached hydrogen (secondary N) is 2. The van der Waals surface area contributed by atoms with Gasteiger partial charge in [-0.25, -0.2) is 9.64 Å². The van der Waals surface area contributed by atoms with Crippen LogP contribution in [0.3, 0.4) is 0 Å². The number of carbonyl (C=O) groups excluding carboxylic acids is 1. The lowest BCUT2D eigenvalue weighted by Crippen LogP contribution is -2.34. The van der Waals surface area contributed by atoms with Gasteiger partial charge in [0.05, 0.1) is 29.8 Å². The normalized spacial score (nSPS) is 10.7. The average Bonchev–Trinajstić information content (AvgIpc) is 0.832. The predicted molar refractivity (Wildman–Crippen MR) is 601 cm³/mol. The Kier molecular flexibility index (Phi) is 40.0. The lowest BCUT2D eigenvalue weighted by Gasteiger charge is -2.07. The Hall–Kier alpha value is -19.6. The molecule has 0 fully saturated rings. The van der Waals surface area contributed by atoms with Crippen LogP contribution in [0.2, 0.25) is 0 Å². The number of benzene rings is 17. The van der Waals surface area contributed by atoms with Crippen LogP contribution in [0, 0.1) is 40.1 Å². The Bertz CT molecular complexity index is 7350. The molecule has 0 heterocycles. The first-order chi connectivity index (χ1) is 71.4. The van der Waals surface area contributed by atoms with Crippen molar-refractivity contribution in [3.63, 3.8) is 0 Å². The number of nitriles is 2. The molecule has 23 N–H and O–H groups in total. The molecule has 0 aliphatic carbocycles. The molecule has 0 aliphatic rings. The molecular formula is C119H104B2BrN17O9. The molecule has 0 bridgehead atoms. The fraction of sp³-hybridized carbons (Fsp3) is 0.0252. The van der Waals surface area contributed by atoms with Crippen molar-refractivity contribution in [1.82, 2.24) is 0 Å². The molecular weight excluding hydrogens is 1910 g/mol. The monoisotopic (exact) mass is 2020 g/mol. The van der Waals surface area contributed by atoms with E-state index in [2.05, 4.69) is 187 Å². The van der Waals surface area contributed by atoms with E-state index in [1.165, 1.54) is 45.4 Å². The molecule has 26 nitrogen and oxygen atoms in total. The maximum atomic E-state index is 10.8. The van der Waals surface area contributed by atoms with Crippen LogP contribution in [-0.4, -0.2) is 94.7 Å². The van der Waals surface area contributed by atoms with Crippen molar-refractivity contribution in [3.8, 4) is 123 Å². The highest BCUT2D eigenvalue weighted by molar-refractivity contribution is 9.10. The molecule has 732 valence electrons. The molecule has 0 spiro atoms. The van der Waals surface area contributed by atoms with E-state index in [0.717, 1.165) is 149 Å². The van der Waals surface area contributed by atoms with Gasteiger partial charge in [-0.05, 0) is 170 Å². The van der Waals surface area contributed by atoms with Crippen LogP contribution in [0.5, 0.6) is 0 Å². The number of rotatable bonds is 23. The molecule has 0 amide bonds. The van der Waals surface area contributed by atoms with Gasteiger partial charge in [-0.2, -0.15) is 10.5 Å². The predicted octanol–water partition coefficient (Wildman–Crippen LogP) is 20.1. The van der Waals surface area contributed by atoms with E-state index in [0.29, 0.717) is 61.9 Å². The zero-order valence-electron chi connectivity index (χ0n) is 80.8. The molecule has 17 aromatic rings. The second kappa shape index (κ2) is 54.4. The maximum absolute atomic E-state index is 10.8. The van der Waals surface area contributed by atoms with Crippen molar-refractivity contribution < 1.29 is 44.6 Å². The first-order valence-corrected chi connectivity index (χ1v) is 46.3. The molecule has 148 heavy (non-hydrogen) atoms. The van der Waals surface area contributed by atoms with Crippen LogP contribution in [0.1, 0.15) is 62.6 Å². The smallest absolute Gasteiger partial charge is 0.423 e. The summed E-state index contributed by atoms with van der Waals surface area (Å²) >= 11 is 3.27. The second-order valence-electron chi connectivity index (χ2n) is 32.6. The summed E-state index contributed by atoms with van der Waals surface area (Å²) in [6.07, 6.45) is 0. The summed E-state index contributed by atoms with van der Waals surface area (Å²) in [4.78, 5) is 28.2. The summed E-state index contributed by atoms with van der Waals surface area (Å²) in [7, 11) is -0.0958. The van der Waals surface area contributed by atoms with Gasteiger partial charge in [-0.1, -0.05) is 426 Å². The van der Waals surface area contributed by atoms with Crippen LogP contribution in [0.4, 0.5) is 5.69 Å². The molecule has 17 aromatic carbocycles. The summed E-state index contributed by atoms with van der Waals surface area (Å²) in [5, 5.41) is 89.6. The summed E-state index contributed by atoms with van der Waals surface area (Å²) in [6, 6.07) is 136. The number of nitrogens with two attached hydrogens (primary N) is 8. The van der Waals surface area contributed by atoms with Crippen LogP contribution < -0.4 is 56.8 Å². The van der Waals surface area contributed by atoms with E-state index in [-0.39, 0.29) is 23.3 Å². The van der Waals surface area contributed by atoms with E-state index in [4.69, 9.17) is 109 Å². The van der Waals surface area contributed by atoms with E-state index >= 15 is 0 Å². The topological polar surface area (TPSA) is 503 Å². The van der Waals surface area contributed by atoms with Crippen molar-refractivity contribution in [2.75, 3.05) is 14.2 Å². The fourth-order valence-corrected chi connectivity index (χ4v) is 14.7. The molecule has 0 saturated carbocycles. The third-order valence-electron chi connectivity index (χ3n) is 22.7. The van der Waals surface area contributed by atoms with Gasteiger partial charge in [0.25, 0.3) is 0 Å². The molecule has 0 atom stereocenters. The molecule has 29 heteroatoms. The van der Waals surface area contributed by atoms with Gasteiger partial charge in [0.15, 0.2) is 29.0 Å². The number of nitrogens with zero attached hydrogens (tertiary/aromatic N) is 7. The number of hydrogen-bond acceptors (Lipinski definition) is 19. The zero-order chi connectivity index (χ0) is 106. The fourth-order valence-electron chi connectivity index (χ4n) is 14.4. The van der Waals surface area contributed by atoms with Gasteiger partial charge < -0.3 is 85.7 Å². The quantitative estimate of drug-likeness (QED) is 0.00538. The SMILES string of the molecule is C=C(N)c1ccc(-c2ccc(-c3ccc(/C(N)=N\O)cc3)cc2)cc1.C=C(N)c1ccc(-c2ccc(-c3ccc(/C(N)=N\OC(C)=O)cc3)cc2)cc1.CO/N=C(\N)c1ccc(-c2ccc(-c3ccc(/C(N)=N\OC)cc3)cc2)cc1.N#Cc1ccc(Br)cc1.N=C(N)c1ccc(-c2ccc(-c3ccc(C(=N)N)cc3)cc2)cc1.OB(O)c1ccc(B(O)O)cc1.[C-]#[N+]c1ccc(-c2ccc(-c3ccc(C#N)cc3)cc2)cc1. The number of oxime groups is 4. The van der Waals surface area contributed by atoms with E-state index in [1.54, 1.807) is 12.1 Å². The highest BCUT2D eigenvalue weighted by atomic mass is 79.9. The zero-order valence-corrected chi connectivity index (χ0v) is 82.4. The standard InChI is InChI=1S/C23H21N3O2.C22H22N4O2.C21H19N3O.C20H18N4.C20H12N2.C7H4BrN.C6H8B2O4/c1-15(24)17-3-5-18(6-4-17)19-7-9-20(10-8-19)21-11-13-22(14-12-21)23(25)26-28-16(2)27;1-27-25-21(23)19-11-7-17(8-12-19)15-3-5-16(6-4-15)18-9-13-20(14-10-18)22(24)26-28-2;1-14(22)15-2-4-16(5-3-15)17-6-8-18(9-7-17)19-10-12-20(13-11-19)21(23)24-25;21-19(22)17-9-5-15(6-10-17)13-1-2-14(4-3-13)16-7-11-18(12-8-16)20(23)24;1-22-20-12-10-19(11-13-20)18-8-6-17(7-9-18)16-4-2-15(14-21)3-5-16;8-7-3-1-6(5-9)2-4-7;9-7(10)5-1-2-6(4-3-5)8(11)12/h3-14H,1,24H2,2H3,(H2,25,26);3-14H,1-2H3,(H2,23,25)(H2,24,26);2-13,25H,1,22H2,(H2,23,24);1-12H,(H3,21,22)(H3,23,24);2-13H;1-4H;1-4,9-12H. The Balaban J connectivity index is 0.000000168. The number of halogens is 1. The lowest BCUT2D eigenvalue weighted by molar-refractivity contribution is -0.140. The van der Waals surface area contributed by atoms with Crippen molar-refractivity contribution in [3.05, 3.63) is 497 Å². The van der Waals surface area contributed by atoms with Gasteiger partial charge in [-0.3, -0.25) is 10.8 Å². The van der Waals surface area contributed by atoms with Crippen LogP contribution in [0.15, 0.2) is 451 Å². The molecule has 0 radical (unpaired) electrons. The van der Waals surface area contributed by atoms with Crippen molar-refractivity contribution in [2.24, 2.45) is 66.5 Å². The van der Waals surface area contributed by atoms with E-state index in [9.17, 15) is 4.79 Å². The molecule has 17 rings (SSSR count). The van der Waals surface area contributed by atoms with E-state index in [1.807, 2.05) is 261 Å². The van der Waals surface area contributed by atoms with Crippen LogP contribution in [0.25, 0.3) is 128 Å². The Morgan fingerprint density at radius 2 is 0.493 bits per heavy atom. The summed E-state index contributed by atoms with van der Waals surface area (Å²) < 4.78 is 1.00. The highest BCUT2D eigenvalue weighted by Gasteiger charge is 2.16. The second-order valence-corrected chi connectivity index (χ2v) is 33.5. The summed E-state index contributed by atoms with van der Waals surface area (Å²) in [6.45, 7) is 15.7. The van der Waals surface area contributed by atoms with Gasteiger partial charge in [0.2, 0.25) is 0 Å². The number of amidine groups is 6. The first kappa shape index (κ1) is 109. The van der Waals surface area contributed by atoms with Crippen LogP contribution in [-0.2, 0) is 19.3 Å². The lowest BCUT2D eigenvalue weighted by atomic mass is 9.75. The summed E-state index contributed by atoms with van der Waals surface area (Å²) in [5.41, 5.74) is 77.5. The molecule has 0 aliphatic heterocycles. The first-order valence-electron chi connectivity index (χ1n) is 45.5. The van der Waals surface area contributed by atoms with Gasteiger partial charge in [-0.15, -0.1) is 0 Å². The van der Waals surface area contributed by atoms with E-state index < -0.39 is 20.2 Å². The van der Waals surface area contributed by atoms with Crippen molar-refractivity contribution in [2.45, 2.75) is 6.92 Å². The largest absolute Gasteiger partial charge is 0.488 e. The van der Waals surface area contributed by atoms with Gasteiger partial charge >= 0.3 is 20.2 Å². The number of hydrogen-bond donors (Lipinski definition) is 15. The third kappa shape index (κ3) is 32.0. The highest BCUT2D eigenvalue weighted by Crippen LogP contribution is 2.34. The minimum absolute atomic E-state index is 0.0749. The average molecular weight is 2020 g/mol. The Morgan fingerprint density at radius 3 is 0.676 bits per heavy atom. The maximum Gasteiger partial charge on any atom is 0.488 e. The molecule has 0 aromatic heterocycles. The molecule has 0 unspecified atom stereocenters. The number of carbonyl (C=O) groups is 1. The minimum atomic E-state index is -1.52. The third-order valence-corrected chi connectivity index (χ3v) is 23.2. The van der Waals surface area contributed by atoms with Crippen molar-refractivity contribution >= 4 is 99.2 Å². The minimum Gasteiger partial charge on any atom is -0.423 e. The number of nitrogen functional groups attached to an aromatic ring is 2. The Labute approximate surface area is 867 Å². The molecule has 0 saturated heterocycles. The van der Waals surface area contributed by atoms with Gasteiger partial charge in [0.1, 0.15) is 25.9 Å².